The summed E-state index contributed by atoms with van der Waals surface area (Å²) >= 11 is 0. The Balaban J connectivity index is 0.00000121. The molecule has 0 spiro atoms. The van der Waals surface area contributed by atoms with E-state index in [1.54, 1.807) is 6.07 Å². The molecule has 2 fully saturated rings. The molecule has 3 heterocycles. The molecule has 1 aromatic carbocycles. The van der Waals surface area contributed by atoms with Gasteiger partial charge in [0.05, 0.1) is 6.61 Å². The Morgan fingerprint density at radius 2 is 2.15 bits per heavy atom. The smallest absolute Gasteiger partial charge is 0.336 e. The van der Waals surface area contributed by atoms with Crippen LogP contribution in [0.5, 0.6) is 0 Å². The van der Waals surface area contributed by atoms with Crippen molar-refractivity contribution in [3.8, 4) is 0 Å². The van der Waals surface area contributed by atoms with Crippen LogP contribution in [-0.2, 0) is 13.0 Å². The predicted octanol–water partition coefficient (Wildman–Crippen LogP) is 2.21. The molecule has 26 heavy (non-hydrogen) atoms. The molecule has 2 N–H and O–H groups in total. The van der Waals surface area contributed by atoms with Gasteiger partial charge in [-0.1, -0.05) is 13.0 Å². The summed E-state index contributed by atoms with van der Waals surface area (Å²) < 4.78 is 5.36. The molecule has 0 saturated carbocycles. The number of aliphatic hydroxyl groups excluding tert-OH is 1. The summed E-state index contributed by atoms with van der Waals surface area (Å²) in [5.74, 6) is 0.486. The minimum atomic E-state index is -0.292. The van der Waals surface area contributed by atoms with Gasteiger partial charge in [-0.15, -0.1) is 24.8 Å². The van der Waals surface area contributed by atoms with Crippen LogP contribution in [0.4, 0.5) is 0 Å². The largest absolute Gasteiger partial charge is 0.423 e. The number of rotatable bonds is 4. The van der Waals surface area contributed by atoms with Crippen LogP contribution in [0.3, 0.4) is 0 Å². The zero-order chi connectivity index (χ0) is 16.7. The van der Waals surface area contributed by atoms with Crippen LogP contribution in [0.15, 0.2) is 33.5 Å². The zero-order valence-electron chi connectivity index (χ0n) is 14.9. The molecule has 2 aliphatic rings. The van der Waals surface area contributed by atoms with Gasteiger partial charge in [0.25, 0.3) is 0 Å². The van der Waals surface area contributed by atoms with E-state index in [0.717, 1.165) is 50.1 Å². The van der Waals surface area contributed by atoms with E-state index in [2.05, 4.69) is 23.2 Å². The van der Waals surface area contributed by atoms with Gasteiger partial charge in [0, 0.05) is 43.0 Å². The number of hydrogen-bond acceptors (Lipinski definition) is 5. The first-order valence-corrected chi connectivity index (χ1v) is 8.73. The minimum absolute atomic E-state index is 0. The van der Waals surface area contributed by atoms with Gasteiger partial charge in [0.1, 0.15) is 5.58 Å². The Bertz CT molecular complexity index is 826. The van der Waals surface area contributed by atoms with Crippen molar-refractivity contribution in [3.05, 3.63) is 45.8 Å². The number of benzene rings is 1. The van der Waals surface area contributed by atoms with Gasteiger partial charge in [0.2, 0.25) is 0 Å². The van der Waals surface area contributed by atoms with Crippen molar-refractivity contribution in [1.29, 1.82) is 0 Å². The molecule has 0 bridgehead atoms. The fourth-order valence-corrected chi connectivity index (χ4v) is 4.34. The number of aliphatic hydroxyl groups is 1. The molecule has 144 valence electrons. The molecule has 1 aromatic heterocycles. The number of halogens is 2. The average molecular weight is 401 g/mol. The number of hydrogen-bond donors (Lipinski definition) is 2. The first-order valence-electron chi connectivity index (χ1n) is 8.73. The van der Waals surface area contributed by atoms with Crippen LogP contribution >= 0.6 is 24.8 Å². The van der Waals surface area contributed by atoms with Crippen molar-refractivity contribution >= 4 is 35.8 Å². The summed E-state index contributed by atoms with van der Waals surface area (Å²) in [7, 11) is 0. The van der Waals surface area contributed by atoms with E-state index in [4.69, 9.17) is 4.42 Å². The average Bonchev–Trinajstić information content (AvgIpc) is 3.11. The van der Waals surface area contributed by atoms with E-state index in [0.29, 0.717) is 11.5 Å². The lowest BCUT2D eigenvalue weighted by atomic mass is 9.82. The summed E-state index contributed by atoms with van der Waals surface area (Å²) in [6.07, 6.45) is 0.958. The van der Waals surface area contributed by atoms with Crippen molar-refractivity contribution < 1.29 is 9.52 Å². The van der Waals surface area contributed by atoms with E-state index < -0.39 is 0 Å². The second kappa shape index (κ2) is 8.28. The third kappa shape index (κ3) is 3.64. The van der Waals surface area contributed by atoms with Crippen LogP contribution in [-0.4, -0.2) is 42.8 Å². The maximum absolute atomic E-state index is 11.9. The van der Waals surface area contributed by atoms with E-state index in [9.17, 15) is 9.90 Å². The van der Waals surface area contributed by atoms with E-state index in [-0.39, 0.29) is 42.5 Å². The van der Waals surface area contributed by atoms with E-state index >= 15 is 0 Å². The highest BCUT2D eigenvalue weighted by Crippen LogP contribution is 2.39. The van der Waals surface area contributed by atoms with Gasteiger partial charge in [-0.05, 0) is 42.1 Å². The van der Waals surface area contributed by atoms with Crippen LogP contribution in [0.1, 0.15) is 18.1 Å². The van der Waals surface area contributed by atoms with Gasteiger partial charge in [-0.2, -0.15) is 0 Å². The number of nitrogens with one attached hydrogen (secondary N) is 1. The molecule has 0 radical (unpaired) electrons. The third-order valence-electron chi connectivity index (χ3n) is 5.76. The molecule has 2 aliphatic heterocycles. The topological polar surface area (TPSA) is 65.7 Å². The van der Waals surface area contributed by atoms with Crippen LogP contribution < -0.4 is 10.9 Å². The summed E-state index contributed by atoms with van der Waals surface area (Å²) in [6, 6.07) is 7.67. The molecule has 2 saturated heterocycles. The molecule has 4 rings (SSSR count). The van der Waals surface area contributed by atoms with Crippen molar-refractivity contribution in [1.82, 2.24) is 10.2 Å². The second-order valence-corrected chi connectivity index (χ2v) is 7.29. The molecule has 2 atom stereocenters. The highest BCUT2D eigenvalue weighted by molar-refractivity contribution is 5.85. The maximum Gasteiger partial charge on any atom is 0.336 e. The Labute approximate surface area is 165 Å². The molecule has 0 amide bonds. The maximum atomic E-state index is 11.9. The Morgan fingerprint density at radius 1 is 1.35 bits per heavy atom. The van der Waals surface area contributed by atoms with Gasteiger partial charge in [0.15, 0.2) is 0 Å². The van der Waals surface area contributed by atoms with Gasteiger partial charge in [-0.25, -0.2) is 4.79 Å². The Hall–Kier alpha value is -1.11. The summed E-state index contributed by atoms with van der Waals surface area (Å²) in [6.45, 7) is 6.75. The van der Waals surface area contributed by atoms with Crippen LogP contribution in [0.2, 0.25) is 0 Å². The summed E-state index contributed by atoms with van der Waals surface area (Å²) in [5, 5.41) is 14.3. The molecule has 7 heteroatoms. The van der Waals surface area contributed by atoms with Gasteiger partial charge >= 0.3 is 5.63 Å². The Morgan fingerprint density at radius 3 is 2.85 bits per heavy atom. The van der Waals surface area contributed by atoms with Crippen molar-refractivity contribution in [2.75, 3.05) is 32.8 Å². The highest BCUT2D eigenvalue weighted by atomic mass is 35.5. The lowest BCUT2D eigenvalue weighted by Crippen LogP contribution is -2.35. The lowest BCUT2D eigenvalue weighted by Gasteiger charge is -2.25. The molecule has 5 nitrogen and oxygen atoms in total. The quantitative estimate of drug-likeness (QED) is 0.770. The minimum Gasteiger partial charge on any atom is -0.423 e. The molecular weight excluding hydrogens is 375 g/mol. The standard InChI is InChI=1S/C19H24N2O3.2ClH/c1-2-13-3-4-17-16(5-13)14(6-18(23)24-17)8-21-9-15-7-20-10-19(15,11-21)12-22;;/h3-6,15,20,22H,2,7-12H2,1H3;2*1H/t15-,19+;;/m0../s1. The van der Waals surface area contributed by atoms with Crippen molar-refractivity contribution in [3.63, 3.8) is 0 Å². The van der Waals surface area contributed by atoms with Crippen LogP contribution in [0, 0.1) is 11.3 Å². The van der Waals surface area contributed by atoms with Gasteiger partial charge < -0.3 is 14.8 Å². The zero-order valence-corrected chi connectivity index (χ0v) is 16.5. The second-order valence-electron chi connectivity index (χ2n) is 7.29. The monoisotopic (exact) mass is 400 g/mol. The molecule has 2 aromatic rings. The lowest BCUT2D eigenvalue weighted by molar-refractivity contribution is 0.124. The third-order valence-corrected chi connectivity index (χ3v) is 5.76. The predicted molar refractivity (Wildman–Crippen MR) is 108 cm³/mol. The number of nitrogens with zero attached hydrogens (tertiary/aromatic N) is 1. The fraction of sp³-hybridized carbons (Fsp3) is 0.526. The van der Waals surface area contributed by atoms with Crippen molar-refractivity contribution in [2.24, 2.45) is 11.3 Å². The molecule has 0 unspecified atom stereocenters. The highest BCUT2D eigenvalue weighted by Gasteiger charge is 2.49. The SMILES string of the molecule is CCc1ccc2oc(=O)cc(CN3C[C@@H]4CNC[C@]4(CO)C3)c2c1.Cl.Cl. The number of fused-ring (bicyclic) bond motifs is 2. The first kappa shape index (κ1) is 21.2. The van der Waals surface area contributed by atoms with E-state index in [1.807, 2.05) is 12.1 Å². The first-order chi connectivity index (χ1) is 11.6. The van der Waals surface area contributed by atoms with Crippen molar-refractivity contribution in [2.45, 2.75) is 19.9 Å². The Kier molecular flexibility index (Phi) is 6.75. The summed E-state index contributed by atoms with van der Waals surface area (Å²) in [5.41, 5.74) is 2.61. The normalized spacial score (nSPS) is 24.9. The molecular formula is C19H26Cl2N2O3. The van der Waals surface area contributed by atoms with Gasteiger partial charge in [-0.3, -0.25) is 4.90 Å². The number of aryl methyl sites for hydroxylation is 1. The molecule has 0 aliphatic carbocycles. The summed E-state index contributed by atoms with van der Waals surface area (Å²) in [4.78, 5) is 14.3. The van der Waals surface area contributed by atoms with E-state index in [1.165, 1.54) is 5.56 Å². The fourth-order valence-electron chi connectivity index (χ4n) is 4.34. The number of likely N-dealkylation sites (tertiary alicyclic amines) is 1. The van der Waals surface area contributed by atoms with Crippen LogP contribution in [0.25, 0.3) is 11.0 Å².